The maximum absolute atomic E-state index is 11.9. The highest BCUT2D eigenvalue weighted by atomic mass is 16.2. The molecule has 0 fully saturated rings. The molecule has 1 aromatic carbocycles. The van der Waals surface area contributed by atoms with Gasteiger partial charge in [-0.3, -0.25) is 9.59 Å². The van der Waals surface area contributed by atoms with Gasteiger partial charge in [0.2, 0.25) is 5.91 Å². The Morgan fingerprint density at radius 1 is 1.28 bits per heavy atom. The average Bonchev–Trinajstić information content (AvgIpc) is 2.28. The molecule has 0 heterocycles. The Labute approximate surface area is 107 Å². The van der Waals surface area contributed by atoms with Gasteiger partial charge in [0, 0.05) is 19.0 Å². The maximum Gasteiger partial charge on any atom is 0.253 e. The van der Waals surface area contributed by atoms with Gasteiger partial charge in [-0.1, -0.05) is 12.1 Å². The minimum atomic E-state index is -0.200. The zero-order valence-electron chi connectivity index (χ0n) is 10.7. The van der Waals surface area contributed by atoms with Crippen molar-refractivity contribution in [1.82, 2.24) is 5.32 Å². The molecule has 0 saturated heterocycles. The van der Waals surface area contributed by atoms with Crippen molar-refractivity contribution >= 4 is 17.5 Å². The predicted octanol–water partition coefficient (Wildman–Crippen LogP) is 1.11. The standard InChI is InChI=1S/C13H19N3O2/c1-9(2)15-13(18)10-5-3-4-6-11(10)16-12(17)7-8-14/h3-6,9H,7-8,14H2,1-2H3,(H,15,18)(H,16,17). The van der Waals surface area contributed by atoms with E-state index in [2.05, 4.69) is 10.6 Å². The third-order valence-corrected chi connectivity index (χ3v) is 2.24. The highest BCUT2D eigenvalue weighted by molar-refractivity contribution is 6.03. The number of amides is 2. The van der Waals surface area contributed by atoms with Crippen LogP contribution >= 0.6 is 0 Å². The first-order valence-electron chi connectivity index (χ1n) is 5.94. The second kappa shape index (κ2) is 6.76. The summed E-state index contributed by atoms with van der Waals surface area (Å²) in [5, 5.41) is 5.48. The second-order valence-corrected chi connectivity index (χ2v) is 4.26. The number of para-hydroxylation sites is 1. The molecule has 1 aromatic rings. The molecule has 0 unspecified atom stereocenters. The minimum absolute atomic E-state index is 0.0466. The zero-order chi connectivity index (χ0) is 13.5. The van der Waals surface area contributed by atoms with E-state index in [1.165, 1.54) is 0 Å². The van der Waals surface area contributed by atoms with Crippen LogP contribution < -0.4 is 16.4 Å². The van der Waals surface area contributed by atoms with Crippen LogP contribution in [0.25, 0.3) is 0 Å². The van der Waals surface area contributed by atoms with Gasteiger partial charge in [0.1, 0.15) is 0 Å². The van der Waals surface area contributed by atoms with Gasteiger partial charge in [-0.05, 0) is 26.0 Å². The molecule has 0 aliphatic heterocycles. The Hall–Kier alpha value is -1.88. The number of benzene rings is 1. The van der Waals surface area contributed by atoms with Gasteiger partial charge in [0.05, 0.1) is 11.3 Å². The van der Waals surface area contributed by atoms with Crippen LogP contribution in [0.15, 0.2) is 24.3 Å². The van der Waals surface area contributed by atoms with Gasteiger partial charge in [0.15, 0.2) is 0 Å². The first-order chi connectivity index (χ1) is 8.54. The molecule has 0 spiro atoms. The molecule has 2 amide bonds. The van der Waals surface area contributed by atoms with E-state index in [0.29, 0.717) is 11.3 Å². The van der Waals surface area contributed by atoms with Gasteiger partial charge in [-0.15, -0.1) is 0 Å². The van der Waals surface area contributed by atoms with E-state index in [0.717, 1.165) is 0 Å². The molecule has 18 heavy (non-hydrogen) atoms. The molecule has 5 nitrogen and oxygen atoms in total. The topological polar surface area (TPSA) is 84.2 Å². The van der Waals surface area contributed by atoms with Gasteiger partial charge in [-0.25, -0.2) is 0 Å². The first-order valence-corrected chi connectivity index (χ1v) is 5.94. The number of hydrogen-bond acceptors (Lipinski definition) is 3. The Balaban J connectivity index is 2.85. The summed E-state index contributed by atoms with van der Waals surface area (Å²) in [5.74, 6) is -0.393. The summed E-state index contributed by atoms with van der Waals surface area (Å²) in [7, 11) is 0. The van der Waals surface area contributed by atoms with Crippen LogP contribution in [0.1, 0.15) is 30.6 Å². The molecule has 5 heteroatoms. The molecule has 0 aromatic heterocycles. The van der Waals surface area contributed by atoms with Crippen molar-refractivity contribution in [1.29, 1.82) is 0 Å². The normalized spacial score (nSPS) is 10.2. The smallest absolute Gasteiger partial charge is 0.253 e. The summed E-state index contributed by atoms with van der Waals surface area (Å²) in [6, 6.07) is 6.95. The number of rotatable bonds is 5. The molecule has 0 saturated carbocycles. The lowest BCUT2D eigenvalue weighted by molar-refractivity contribution is -0.116. The van der Waals surface area contributed by atoms with Crippen LogP contribution in [0.3, 0.4) is 0 Å². The Bertz CT molecular complexity index is 430. The van der Waals surface area contributed by atoms with Crippen LogP contribution in [-0.2, 0) is 4.79 Å². The van der Waals surface area contributed by atoms with Crippen LogP contribution in [0.5, 0.6) is 0 Å². The first kappa shape index (κ1) is 14.2. The molecular formula is C13H19N3O2. The Kier molecular flexibility index (Phi) is 5.32. The fourth-order valence-electron chi connectivity index (χ4n) is 1.47. The van der Waals surface area contributed by atoms with E-state index in [-0.39, 0.29) is 30.8 Å². The third-order valence-electron chi connectivity index (χ3n) is 2.24. The summed E-state index contributed by atoms with van der Waals surface area (Å²) >= 11 is 0. The van der Waals surface area contributed by atoms with Crippen LogP contribution in [-0.4, -0.2) is 24.4 Å². The summed E-state index contributed by atoms with van der Waals surface area (Å²) < 4.78 is 0. The molecule has 0 aliphatic carbocycles. The van der Waals surface area contributed by atoms with E-state index in [4.69, 9.17) is 5.73 Å². The van der Waals surface area contributed by atoms with Gasteiger partial charge in [0.25, 0.3) is 5.91 Å². The fourth-order valence-corrected chi connectivity index (χ4v) is 1.47. The summed E-state index contributed by atoms with van der Waals surface area (Å²) in [6.45, 7) is 4.05. The fraction of sp³-hybridized carbons (Fsp3) is 0.385. The molecule has 0 aliphatic rings. The summed E-state index contributed by atoms with van der Waals surface area (Å²) in [6.07, 6.45) is 0.236. The second-order valence-electron chi connectivity index (χ2n) is 4.26. The third kappa shape index (κ3) is 4.18. The van der Waals surface area contributed by atoms with E-state index in [1.807, 2.05) is 13.8 Å². The lowest BCUT2D eigenvalue weighted by Gasteiger charge is -2.12. The van der Waals surface area contributed by atoms with Crippen LogP contribution in [0.2, 0.25) is 0 Å². The average molecular weight is 249 g/mol. The lowest BCUT2D eigenvalue weighted by Crippen LogP contribution is -2.31. The largest absolute Gasteiger partial charge is 0.350 e. The van der Waals surface area contributed by atoms with Gasteiger partial charge < -0.3 is 16.4 Å². The van der Waals surface area contributed by atoms with Crippen molar-refractivity contribution in [3.05, 3.63) is 29.8 Å². The molecular weight excluding hydrogens is 230 g/mol. The van der Waals surface area contributed by atoms with E-state index >= 15 is 0 Å². The monoisotopic (exact) mass is 249 g/mol. The number of carbonyl (C=O) groups excluding carboxylic acids is 2. The SMILES string of the molecule is CC(C)NC(=O)c1ccccc1NC(=O)CCN. The number of nitrogens with one attached hydrogen (secondary N) is 2. The van der Waals surface area contributed by atoms with Crippen molar-refractivity contribution in [2.45, 2.75) is 26.3 Å². The lowest BCUT2D eigenvalue weighted by atomic mass is 10.1. The van der Waals surface area contributed by atoms with Crippen molar-refractivity contribution in [3.8, 4) is 0 Å². The number of anilines is 1. The highest BCUT2D eigenvalue weighted by Gasteiger charge is 2.13. The van der Waals surface area contributed by atoms with E-state index in [1.54, 1.807) is 24.3 Å². The molecule has 0 radical (unpaired) electrons. The Morgan fingerprint density at radius 2 is 1.94 bits per heavy atom. The number of carbonyl (C=O) groups is 2. The number of hydrogen-bond donors (Lipinski definition) is 3. The van der Waals surface area contributed by atoms with E-state index < -0.39 is 0 Å². The molecule has 4 N–H and O–H groups in total. The van der Waals surface area contributed by atoms with E-state index in [9.17, 15) is 9.59 Å². The summed E-state index contributed by atoms with van der Waals surface area (Å²) in [4.78, 5) is 23.4. The van der Waals surface area contributed by atoms with Crippen molar-refractivity contribution in [2.24, 2.45) is 5.73 Å². The quantitative estimate of drug-likeness (QED) is 0.731. The number of nitrogens with two attached hydrogens (primary N) is 1. The Morgan fingerprint density at radius 3 is 2.56 bits per heavy atom. The van der Waals surface area contributed by atoms with Gasteiger partial charge in [-0.2, -0.15) is 0 Å². The van der Waals surface area contributed by atoms with Crippen LogP contribution in [0, 0.1) is 0 Å². The van der Waals surface area contributed by atoms with Crippen molar-refractivity contribution in [3.63, 3.8) is 0 Å². The maximum atomic E-state index is 11.9. The van der Waals surface area contributed by atoms with Crippen LogP contribution in [0.4, 0.5) is 5.69 Å². The predicted molar refractivity (Wildman–Crippen MR) is 71.3 cm³/mol. The molecule has 98 valence electrons. The minimum Gasteiger partial charge on any atom is -0.350 e. The highest BCUT2D eigenvalue weighted by Crippen LogP contribution is 2.15. The molecule has 1 rings (SSSR count). The molecule has 0 atom stereocenters. The summed E-state index contributed by atoms with van der Waals surface area (Å²) in [5.41, 5.74) is 6.27. The van der Waals surface area contributed by atoms with Crippen molar-refractivity contribution in [2.75, 3.05) is 11.9 Å². The van der Waals surface area contributed by atoms with Gasteiger partial charge >= 0.3 is 0 Å². The van der Waals surface area contributed by atoms with Crippen molar-refractivity contribution < 1.29 is 9.59 Å². The zero-order valence-corrected chi connectivity index (χ0v) is 10.7. The molecule has 0 bridgehead atoms.